The lowest BCUT2D eigenvalue weighted by atomic mass is 10.1. The predicted molar refractivity (Wildman–Crippen MR) is 88.5 cm³/mol. The Labute approximate surface area is 131 Å². The normalized spacial score (nSPS) is 11.5. The molecule has 3 heteroatoms. The molecule has 0 fully saturated rings. The Kier molecular flexibility index (Phi) is 6.24. The number of aryl methyl sites for hydroxylation is 1. The highest BCUT2D eigenvalue weighted by atomic mass is 16.5. The summed E-state index contributed by atoms with van der Waals surface area (Å²) in [7, 11) is 0. The first-order valence-corrected chi connectivity index (χ1v) is 7.41. The van der Waals surface area contributed by atoms with E-state index in [2.05, 4.69) is 24.0 Å². The van der Waals surface area contributed by atoms with Crippen molar-refractivity contribution in [2.75, 3.05) is 0 Å². The largest absolute Gasteiger partial charge is 0.445 e. The number of carbonyl (C=O) groups excluding carboxylic acids is 1. The highest BCUT2D eigenvalue weighted by Gasteiger charge is 2.10. The second-order valence-electron chi connectivity index (χ2n) is 5.07. The van der Waals surface area contributed by atoms with Gasteiger partial charge in [-0.2, -0.15) is 0 Å². The van der Waals surface area contributed by atoms with Gasteiger partial charge in [-0.25, -0.2) is 4.79 Å². The van der Waals surface area contributed by atoms with Crippen molar-refractivity contribution in [3.8, 4) is 0 Å². The van der Waals surface area contributed by atoms with E-state index in [4.69, 9.17) is 4.74 Å². The van der Waals surface area contributed by atoms with E-state index in [1.165, 1.54) is 5.56 Å². The summed E-state index contributed by atoms with van der Waals surface area (Å²) in [5.41, 5.74) is 2.21. The third-order valence-corrected chi connectivity index (χ3v) is 3.39. The molecular formula is C19H21NO2. The molecule has 2 aromatic rings. The van der Waals surface area contributed by atoms with E-state index >= 15 is 0 Å². The SMILES string of the molecule is C=CC(CCc1ccccc1)NC(=O)OCc1ccccc1. The maximum atomic E-state index is 11.8. The van der Waals surface area contributed by atoms with Gasteiger partial charge < -0.3 is 10.1 Å². The third-order valence-electron chi connectivity index (χ3n) is 3.39. The van der Waals surface area contributed by atoms with E-state index in [0.29, 0.717) is 0 Å². The molecule has 0 aliphatic rings. The molecule has 2 rings (SSSR count). The highest BCUT2D eigenvalue weighted by molar-refractivity contribution is 5.67. The average molecular weight is 295 g/mol. The summed E-state index contributed by atoms with van der Waals surface area (Å²) in [5, 5.41) is 2.83. The second kappa shape index (κ2) is 8.67. The number of carbonyl (C=O) groups is 1. The van der Waals surface area contributed by atoms with Crippen LogP contribution >= 0.6 is 0 Å². The van der Waals surface area contributed by atoms with Crippen molar-refractivity contribution in [2.45, 2.75) is 25.5 Å². The van der Waals surface area contributed by atoms with Gasteiger partial charge in [0.1, 0.15) is 6.61 Å². The summed E-state index contributed by atoms with van der Waals surface area (Å²) >= 11 is 0. The molecule has 0 heterocycles. The molecule has 1 N–H and O–H groups in total. The number of ether oxygens (including phenoxy) is 1. The van der Waals surface area contributed by atoms with Crippen molar-refractivity contribution in [1.82, 2.24) is 5.32 Å². The summed E-state index contributed by atoms with van der Waals surface area (Å²) in [6.07, 6.45) is 3.01. The Morgan fingerprint density at radius 1 is 1.05 bits per heavy atom. The standard InChI is InChI=1S/C19H21NO2/c1-2-18(14-13-16-9-5-3-6-10-16)20-19(21)22-15-17-11-7-4-8-12-17/h2-12,18H,1,13-15H2,(H,20,21). The van der Waals surface area contributed by atoms with Crippen molar-refractivity contribution in [3.63, 3.8) is 0 Å². The Bertz CT molecular complexity index is 581. The van der Waals surface area contributed by atoms with Crippen molar-refractivity contribution in [3.05, 3.63) is 84.4 Å². The van der Waals surface area contributed by atoms with Gasteiger partial charge in [0.25, 0.3) is 0 Å². The van der Waals surface area contributed by atoms with Crippen molar-refractivity contribution < 1.29 is 9.53 Å². The van der Waals surface area contributed by atoms with Crippen molar-refractivity contribution >= 4 is 6.09 Å². The summed E-state index contributed by atoms with van der Waals surface area (Å²) in [4.78, 5) is 11.8. The minimum atomic E-state index is -0.415. The molecule has 114 valence electrons. The lowest BCUT2D eigenvalue weighted by Crippen LogP contribution is -2.34. The molecule has 1 amide bonds. The first-order chi connectivity index (χ1) is 10.8. The summed E-state index contributed by atoms with van der Waals surface area (Å²) in [6, 6.07) is 19.7. The summed E-state index contributed by atoms with van der Waals surface area (Å²) in [6.45, 7) is 4.05. The Morgan fingerprint density at radius 2 is 1.64 bits per heavy atom. The third kappa shape index (κ3) is 5.44. The van der Waals surface area contributed by atoms with Crippen molar-refractivity contribution in [2.24, 2.45) is 0 Å². The monoisotopic (exact) mass is 295 g/mol. The van der Waals surface area contributed by atoms with Crippen molar-refractivity contribution in [1.29, 1.82) is 0 Å². The van der Waals surface area contributed by atoms with Crippen LogP contribution in [0, 0.1) is 0 Å². The Balaban J connectivity index is 1.74. The maximum absolute atomic E-state index is 11.8. The minimum Gasteiger partial charge on any atom is -0.445 e. The molecule has 2 aromatic carbocycles. The number of nitrogens with one attached hydrogen (secondary N) is 1. The number of amides is 1. The van der Waals surface area contributed by atoms with Crippen LogP contribution in [-0.4, -0.2) is 12.1 Å². The molecular weight excluding hydrogens is 274 g/mol. The quantitative estimate of drug-likeness (QED) is 0.781. The molecule has 22 heavy (non-hydrogen) atoms. The maximum Gasteiger partial charge on any atom is 0.407 e. The van der Waals surface area contributed by atoms with E-state index in [0.717, 1.165) is 18.4 Å². The van der Waals surface area contributed by atoms with Gasteiger partial charge in [-0.1, -0.05) is 66.7 Å². The molecule has 0 spiro atoms. The van der Waals surface area contributed by atoms with E-state index in [9.17, 15) is 4.79 Å². The number of benzene rings is 2. The zero-order valence-corrected chi connectivity index (χ0v) is 12.6. The number of hydrogen-bond donors (Lipinski definition) is 1. The van der Waals surface area contributed by atoms with E-state index in [1.807, 2.05) is 48.5 Å². The molecule has 0 aliphatic carbocycles. The fourth-order valence-electron chi connectivity index (χ4n) is 2.13. The molecule has 0 radical (unpaired) electrons. The van der Waals surface area contributed by atoms with Gasteiger partial charge in [0, 0.05) is 0 Å². The molecule has 0 bridgehead atoms. The molecule has 0 saturated heterocycles. The van der Waals surface area contributed by atoms with E-state index in [-0.39, 0.29) is 12.6 Å². The lowest BCUT2D eigenvalue weighted by molar-refractivity contribution is 0.137. The molecule has 1 atom stereocenters. The summed E-state index contributed by atoms with van der Waals surface area (Å²) < 4.78 is 5.21. The van der Waals surface area contributed by atoms with Gasteiger partial charge in [-0.3, -0.25) is 0 Å². The zero-order valence-electron chi connectivity index (χ0n) is 12.6. The molecule has 1 unspecified atom stereocenters. The topological polar surface area (TPSA) is 38.3 Å². The molecule has 0 saturated carbocycles. The Morgan fingerprint density at radius 3 is 2.23 bits per heavy atom. The molecule has 0 aliphatic heterocycles. The first kappa shape index (κ1) is 15.8. The number of alkyl carbamates (subject to hydrolysis) is 1. The van der Waals surface area contributed by atoms with Gasteiger partial charge in [-0.15, -0.1) is 6.58 Å². The van der Waals surface area contributed by atoms with Gasteiger partial charge in [0.05, 0.1) is 6.04 Å². The predicted octanol–water partition coefficient (Wildman–Crippen LogP) is 4.10. The zero-order chi connectivity index (χ0) is 15.6. The van der Waals surface area contributed by atoms with Crippen LogP contribution in [0.5, 0.6) is 0 Å². The van der Waals surface area contributed by atoms with Gasteiger partial charge in [0.15, 0.2) is 0 Å². The fraction of sp³-hybridized carbons (Fsp3) is 0.211. The Hall–Kier alpha value is -2.55. The van der Waals surface area contributed by atoms with Crippen LogP contribution < -0.4 is 5.32 Å². The fourth-order valence-corrected chi connectivity index (χ4v) is 2.13. The smallest absolute Gasteiger partial charge is 0.407 e. The van der Waals surface area contributed by atoms with Gasteiger partial charge >= 0.3 is 6.09 Å². The number of rotatable bonds is 7. The summed E-state index contributed by atoms with van der Waals surface area (Å²) in [5.74, 6) is 0. The van der Waals surface area contributed by atoms with Gasteiger partial charge in [-0.05, 0) is 24.0 Å². The molecule has 3 nitrogen and oxygen atoms in total. The van der Waals surface area contributed by atoms with Crippen LogP contribution in [0.2, 0.25) is 0 Å². The first-order valence-electron chi connectivity index (χ1n) is 7.41. The van der Waals surface area contributed by atoms with Crippen LogP contribution in [0.25, 0.3) is 0 Å². The highest BCUT2D eigenvalue weighted by Crippen LogP contribution is 2.06. The minimum absolute atomic E-state index is 0.0940. The second-order valence-corrected chi connectivity index (χ2v) is 5.07. The van der Waals surface area contributed by atoms with Crippen LogP contribution in [-0.2, 0) is 17.8 Å². The van der Waals surface area contributed by atoms with Crippen LogP contribution in [0.15, 0.2) is 73.3 Å². The average Bonchev–Trinajstić information content (AvgIpc) is 2.58. The lowest BCUT2D eigenvalue weighted by Gasteiger charge is -2.15. The van der Waals surface area contributed by atoms with E-state index < -0.39 is 6.09 Å². The molecule has 0 aromatic heterocycles. The van der Waals surface area contributed by atoms with Crippen LogP contribution in [0.1, 0.15) is 17.5 Å². The van der Waals surface area contributed by atoms with Crippen LogP contribution in [0.3, 0.4) is 0 Å². The van der Waals surface area contributed by atoms with E-state index in [1.54, 1.807) is 6.08 Å². The van der Waals surface area contributed by atoms with Gasteiger partial charge in [0.2, 0.25) is 0 Å². The number of hydrogen-bond acceptors (Lipinski definition) is 2. The van der Waals surface area contributed by atoms with Crippen LogP contribution in [0.4, 0.5) is 4.79 Å².